The molecular formula is C35H40Cl2N4O7. The van der Waals surface area contributed by atoms with Crippen molar-refractivity contribution in [2.45, 2.75) is 63.6 Å². The summed E-state index contributed by atoms with van der Waals surface area (Å²) >= 11 is 13.3. The van der Waals surface area contributed by atoms with Gasteiger partial charge in [-0.05, 0) is 62.8 Å². The van der Waals surface area contributed by atoms with Gasteiger partial charge in [0, 0.05) is 42.6 Å². The molecule has 0 bridgehead atoms. The number of hydrogen-bond acceptors (Lipinski definition) is 7. The van der Waals surface area contributed by atoms with E-state index in [9.17, 15) is 24.3 Å². The van der Waals surface area contributed by atoms with E-state index < -0.39 is 11.9 Å². The van der Waals surface area contributed by atoms with Crippen molar-refractivity contribution < 1.29 is 33.4 Å². The number of likely N-dealkylation sites (N-methyl/N-ethyl adjacent to an activating group) is 1. The fraction of sp³-hybridized carbons (Fsp3) is 0.486. The summed E-state index contributed by atoms with van der Waals surface area (Å²) in [4.78, 5) is 56.9. The molecule has 3 aromatic rings. The largest absolute Gasteiger partial charge is 0.481 e. The van der Waals surface area contributed by atoms with Crippen molar-refractivity contribution in [3.8, 4) is 0 Å². The first-order chi connectivity index (χ1) is 23.1. The van der Waals surface area contributed by atoms with E-state index in [1.54, 1.807) is 24.3 Å². The zero-order chi connectivity index (χ0) is 33.9. The zero-order valence-electron chi connectivity index (χ0n) is 26.8. The molecular weight excluding hydrogens is 659 g/mol. The predicted octanol–water partition coefficient (Wildman–Crippen LogP) is 5.33. The highest BCUT2D eigenvalue weighted by Crippen LogP contribution is 2.33. The van der Waals surface area contributed by atoms with Crippen molar-refractivity contribution >= 4 is 63.5 Å². The lowest BCUT2D eigenvalue weighted by Gasteiger charge is -2.37. The molecule has 13 heteroatoms. The third-order valence-electron chi connectivity index (χ3n) is 9.96. The minimum atomic E-state index is -0.762. The van der Waals surface area contributed by atoms with Gasteiger partial charge in [-0.2, -0.15) is 0 Å². The maximum atomic E-state index is 13.9. The van der Waals surface area contributed by atoms with Crippen LogP contribution in [0.3, 0.4) is 0 Å². The lowest BCUT2D eigenvalue weighted by molar-refractivity contribution is -0.144. The van der Waals surface area contributed by atoms with E-state index >= 15 is 0 Å². The predicted molar refractivity (Wildman–Crippen MR) is 181 cm³/mol. The van der Waals surface area contributed by atoms with Gasteiger partial charge >= 0.3 is 5.97 Å². The Labute approximate surface area is 289 Å². The van der Waals surface area contributed by atoms with E-state index in [2.05, 4.69) is 10.2 Å². The maximum Gasteiger partial charge on any atom is 0.306 e. The Morgan fingerprint density at radius 1 is 1.06 bits per heavy atom. The summed E-state index contributed by atoms with van der Waals surface area (Å²) in [7, 11) is 0. The van der Waals surface area contributed by atoms with Crippen molar-refractivity contribution in [3.63, 3.8) is 0 Å². The smallest absolute Gasteiger partial charge is 0.306 e. The number of fused-ring (bicyclic) bond motifs is 1. The highest BCUT2D eigenvalue weighted by atomic mass is 35.5. The van der Waals surface area contributed by atoms with Crippen molar-refractivity contribution in [1.82, 2.24) is 14.7 Å². The van der Waals surface area contributed by atoms with Crippen LogP contribution >= 0.6 is 23.2 Å². The number of halogens is 2. The quantitative estimate of drug-likeness (QED) is 0.291. The second-order valence-corrected chi connectivity index (χ2v) is 13.7. The first-order valence-corrected chi connectivity index (χ1v) is 17.3. The summed E-state index contributed by atoms with van der Waals surface area (Å²) in [6, 6.07) is 10.2. The summed E-state index contributed by atoms with van der Waals surface area (Å²) in [5.74, 6) is -1.55. The average Bonchev–Trinajstić information content (AvgIpc) is 3.71. The number of amides is 3. The van der Waals surface area contributed by atoms with Gasteiger partial charge in [-0.3, -0.25) is 24.1 Å². The highest BCUT2D eigenvalue weighted by Gasteiger charge is 2.40. The molecule has 3 fully saturated rings. The van der Waals surface area contributed by atoms with Crippen LogP contribution in [0.1, 0.15) is 54.9 Å². The standard InChI is InChI=1S/C35H40Cl2N4O7/c1-2-39-11-12-40(18-33(39)43)23-15-24(19-47-25-9-7-21(8-10-25)35(45)46)41(17-23)32(42)14-22-13-29(37)30(16-28(22)36)38-34(44)27-20-48-31-6-4-3-5-26(27)31/h3-6,13,16,20-21,23-25H,2,7-12,14-15,17-19H2,1H3,(H,38,44)(H,45,46)/t21?,23-,24-,25?/m0/s1. The summed E-state index contributed by atoms with van der Waals surface area (Å²) in [6.07, 6.45) is 4.49. The van der Waals surface area contributed by atoms with E-state index in [-0.39, 0.29) is 47.4 Å². The fourth-order valence-corrected chi connectivity index (χ4v) is 7.61. The summed E-state index contributed by atoms with van der Waals surface area (Å²) in [5.41, 5.74) is 1.80. The zero-order valence-corrected chi connectivity index (χ0v) is 28.3. The number of anilines is 1. The Kier molecular flexibility index (Phi) is 10.6. The van der Waals surface area contributed by atoms with Crippen molar-refractivity contribution in [2.75, 3.05) is 44.6 Å². The van der Waals surface area contributed by atoms with Crippen LogP contribution in [-0.4, -0.2) is 101 Å². The Hall–Kier alpha value is -3.64. The number of carboxylic acids is 1. The van der Waals surface area contributed by atoms with Gasteiger partial charge in [0.15, 0.2) is 0 Å². The monoisotopic (exact) mass is 698 g/mol. The Morgan fingerprint density at radius 3 is 2.56 bits per heavy atom. The number of carbonyl (C=O) groups is 4. The normalized spacial score (nSPS) is 23.5. The van der Waals surface area contributed by atoms with Crippen LogP contribution in [0.4, 0.5) is 5.69 Å². The van der Waals surface area contributed by atoms with Gasteiger partial charge in [-0.15, -0.1) is 0 Å². The molecule has 3 aliphatic rings. The van der Waals surface area contributed by atoms with Gasteiger partial charge in [0.2, 0.25) is 11.8 Å². The number of hydrogen-bond donors (Lipinski definition) is 2. The van der Waals surface area contributed by atoms with Gasteiger partial charge in [-0.25, -0.2) is 0 Å². The molecule has 3 amide bonds. The van der Waals surface area contributed by atoms with E-state index in [1.165, 1.54) is 6.26 Å². The number of carbonyl (C=O) groups excluding carboxylic acids is 3. The molecule has 1 aromatic heterocycles. The fourth-order valence-electron chi connectivity index (χ4n) is 7.14. The first-order valence-electron chi connectivity index (χ1n) is 16.5. The molecule has 2 N–H and O–H groups in total. The Bertz CT molecular complexity index is 1690. The highest BCUT2D eigenvalue weighted by molar-refractivity contribution is 6.36. The van der Waals surface area contributed by atoms with E-state index in [0.29, 0.717) is 97.7 Å². The molecule has 3 heterocycles. The number of likely N-dealkylation sites (tertiary alicyclic amines) is 1. The molecule has 2 aliphatic heterocycles. The second kappa shape index (κ2) is 14.9. The molecule has 1 aliphatic carbocycles. The number of rotatable bonds is 10. The van der Waals surface area contributed by atoms with Crippen LogP contribution in [-0.2, 0) is 25.5 Å². The third-order valence-corrected chi connectivity index (χ3v) is 10.6. The topological polar surface area (TPSA) is 133 Å². The minimum absolute atomic E-state index is 0.00361. The number of nitrogens with zero attached hydrogens (tertiary/aromatic N) is 3. The molecule has 256 valence electrons. The van der Waals surface area contributed by atoms with Gasteiger partial charge in [0.1, 0.15) is 11.8 Å². The number of benzene rings is 2. The summed E-state index contributed by atoms with van der Waals surface area (Å²) in [6.45, 7) is 5.14. The minimum Gasteiger partial charge on any atom is -0.481 e. The van der Waals surface area contributed by atoms with E-state index in [4.69, 9.17) is 32.4 Å². The van der Waals surface area contributed by atoms with E-state index in [1.807, 2.05) is 28.9 Å². The molecule has 0 radical (unpaired) electrons. The lowest BCUT2D eigenvalue weighted by Crippen LogP contribution is -2.54. The Balaban J connectivity index is 1.13. The molecule has 2 aromatic carbocycles. The van der Waals surface area contributed by atoms with Crippen molar-refractivity contribution in [2.24, 2.45) is 5.92 Å². The molecule has 11 nitrogen and oxygen atoms in total. The van der Waals surface area contributed by atoms with Gasteiger partial charge in [0.25, 0.3) is 5.91 Å². The summed E-state index contributed by atoms with van der Waals surface area (Å²) in [5, 5.41) is 13.4. The van der Waals surface area contributed by atoms with Crippen LogP contribution < -0.4 is 5.32 Å². The first kappa shape index (κ1) is 34.2. The molecule has 6 rings (SSSR count). The van der Waals surface area contributed by atoms with Crippen LogP contribution in [0.2, 0.25) is 10.0 Å². The summed E-state index contributed by atoms with van der Waals surface area (Å²) < 4.78 is 11.8. The number of para-hydroxylation sites is 1. The average molecular weight is 700 g/mol. The van der Waals surface area contributed by atoms with Crippen LogP contribution in [0.25, 0.3) is 11.0 Å². The van der Waals surface area contributed by atoms with Crippen LogP contribution in [0.5, 0.6) is 0 Å². The molecule has 48 heavy (non-hydrogen) atoms. The van der Waals surface area contributed by atoms with Gasteiger partial charge in [-0.1, -0.05) is 41.4 Å². The molecule has 0 unspecified atom stereocenters. The van der Waals surface area contributed by atoms with Gasteiger partial charge < -0.3 is 29.4 Å². The van der Waals surface area contributed by atoms with Crippen LogP contribution in [0, 0.1) is 5.92 Å². The van der Waals surface area contributed by atoms with Crippen LogP contribution in [0.15, 0.2) is 47.1 Å². The molecule has 1 saturated carbocycles. The number of furan rings is 1. The lowest BCUT2D eigenvalue weighted by atomic mass is 9.87. The number of piperazine rings is 1. The maximum absolute atomic E-state index is 13.9. The van der Waals surface area contributed by atoms with Gasteiger partial charge in [0.05, 0.1) is 53.9 Å². The number of aliphatic carboxylic acids is 1. The number of carboxylic acid groups (broad SMARTS) is 1. The third kappa shape index (κ3) is 7.49. The molecule has 2 atom stereocenters. The SMILES string of the molecule is CCN1CCN([C@H]2C[C@@H](COC3CCC(C(=O)O)CC3)N(C(=O)Cc3cc(Cl)c(NC(=O)c4coc5ccccc45)cc3Cl)C2)CC1=O. The number of ether oxygens (including phenoxy) is 1. The van der Waals surface area contributed by atoms with E-state index in [0.717, 1.165) is 6.54 Å². The molecule has 2 saturated heterocycles. The number of nitrogens with one attached hydrogen (secondary N) is 1. The second-order valence-electron chi connectivity index (χ2n) is 12.9. The van der Waals surface area contributed by atoms with Crippen molar-refractivity contribution in [1.29, 1.82) is 0 Å². The Morgan fingerprint density at radius 2 is 1.83 bits per heavy atom. The van der Waals surface area contributed by atoms with Crippen molar-refractivity contribution in [3.05, 3.63) is 63.8 Å². The molecule has 0 spiro atoms.